The first-order chi connectivity index (χ1) is 8.97. The van der Waals surface area contributed by atoms with Gasteiger partial charge in [-0.25, -0.2) is 4.79 Å². The number of hydrogen-bond acceptors (Lipinski definition) is 2. The van der Waals surface area contributed by atoms with Crippen molar-refractivity contribution in [2.24, 2.45) is 11.3 Å². The summed E-state index contributed by atoms with van der Waals surface area (Å²) in [7, 11) is 0. The molecular formula is C14H24N2O3. The van der Waals surface area contributed by atoms with E-state index in [4.69, 9.17) is 5.11 Å². The maximum absolute atomic E-state index is 12.1. The van der Waals surface area contributed by atoms with Crippen LogP contribution in [0, 0.1) is 11.3 Å². The second-order valence-electron chi connectivity index (χ2n) is 6.11. The van der Waals surface area contributed by atoms with Crippen molar-refractivity contribution < 1.29 is 14.7 Å². The van der Waals surface area contributed by atoms with Crippen molar-refractivity contribution in [1.82, 2.24) is 10.2 Å². The summed E-state index contributed by atoms with van der Waals surface area (Å²) in [6, 6.07) is -0.0253. The first-order valence-electron chi connectivity index (χ1n) is 7.25. The molecule has 1 aliphatic carbocycles. The number of urea groups is 1. The molecule has 2 amide bonds. The topological polar surface area (TPSA) is 69.6 Å². The number of hydrogen-bond donors (Lipinski definition) is 2. The SMILES string of the molecule is CCC1(CNC(=O)N2CCC(C(=O)O)CC2C)CC1. The van der Waals surface area contributed by atoms with E-state index in [1.807, 2.05) is 6.92 Å². The summed E-state index contributed by atoms with van der Waals surface area (Å²) in [6.07, 6.45) is 4.65. The van der Waals surface area contributed by atoms with Crippen LogP contribution in [-0.4, -0.2) is 41.1 Å². The maximum atomic E-state index is 12.1. The predicted molar refractivity (Wildman–Crippen MR) is 71.9 cm³/mol. The lowest BCUT2D eigenvalue weighted by atomic mass is 9.92. The van der Waals surface area contributed by atoms with E-state index in [0.717, 1.165) is 13.0 Å². The third kappa shape index (κ3) is 3.19. The number of likely N-dealkylation sites (tertiary alicyclic amines) is 1. The Morgan fingerprint density at radius 2 is 2.11 bits per heavy atom. The largest absolute Gasteiger partial charge is 0.481 e. The number of carbonyl (C=O) groups excluding carboxylic acids is 1. The van der Waals surface area contributed by atoms with Gasteiger partial charge in [0, 0.05) is 19.1 Å². The van der Waals surface area contributed by atoms with Gasteiger partial charge in [0.15, 0.2) is 0 Å². The molecule has 2 rings (SSSR count). The minimum Gasteiger partial charge on any atom is -0.481 e. The molecule has 1 aliphatic heterocycles. The Morgan fingerprint density at radius 3 is 2.58 bits per heavy atom. The Morgan fingerprint density at radius 1 is 1.42 bits per heavy atom. The van der Waals surface area contributed by atoms with E-state index in [9.17, 15) is 9.59 Å². The van der Waals surface area contributed by atoms with Crippen LogP contribution in [0.25, 0.3) is 0 Å². The van der Waals surface area contributed by atoms with Gasteiger partial charge >= 0.3 is 12.0 Å². The number of amides is 2. The summed E-state index contributed by atoms with van der Waals surface area (Å²) < 4.78 is 0. The Labute approximate surface area is 114 Å². The first kappa shape index (κ1) is 14.2. The standard InChI is InChI=1S/C14H24N2O3/c1-3-14(5-6-14)9-15-13(19)16-7-4-11(12(17)18)8-10(16)2/h10-11H,3-9H2,1-2H3,(H,15,19)(H,17,18). The quantitative estimate of drug-likeness (QED) is 0.820. The van der Waals surface area contributed by atoms with Gasteiger partial charge in [0.25, 0.3) is 0 Å². The van der Waals surface area contributed by atoms with E-state index in [0.29, 0.717) is 24.8 Å². The smallest absolute Gasteiger partial charge is 0.317 e. The fraction of sp³-hybridized carbons (Fsp3) is 0.857. The van der Waals surface area contributed by atoms with Gasteiger partial charge in [0.1, 0.15) is 0 Å². The van der Waals surface area contributed by atoms with Crippen molar-refractivity contribution >= 4 is 12.0 Å². The molecule has 0 aromatic rings. The van der Waals surface area contributed by atoms with Gasteiger partial charge in [-0.05, 0) is 44.4 Å². The van der Waals surface area contributed by atoms with Crippen molar-refractivity contribution in [2.75, 3.05) is 13.1 Å². The van der Waals surface area contributed by atoms with Crippen LogP contribution < -0.4 is 5.32 Å². The van der Waals surface area contributed by atoms with E-state index >= 15 is 0 Å². The number of piperidine rings is 1. The van der Waals surface area contributed by atoms with Crippen molar-refractivity contribution in [2.45, 2.75) is 52.0 Å². The van der Waals surface area contributed by atoms with E-state index in [1.165, 1.54) is 12.8 Å². The van der Waals surface area contributed by atoms with Crippen LogP contribution in [0.5, 0.6) is 0 Å². The number of rotatable bonds is 4. The second-order valence-corrected chi connectivity index (χ2v) is 6.11. The molecule has 19 heavy (non-hydrogen) atoms. The molecule has 2 N–H and O–H groups in total. The zero-order valence-corrected chi connectivity index (χ0v) is 11.8. The molecular weight excluding hydrogens is 244 g/mol. The van der Waals surface area contributed by atoms with Crippen LogP contribution in [0.4, 0.5) is 4.79 Å². The molecule has 0 bridgehead atoms. The van der Waals surface area contributed by atoms with Crippen LogP contribution in [-0.2, 0) is 4.79 Å². The molecule has 0 radical (unpaired) electrons. The second kappa shape index (κ2) is 5.39. The lowest BCUT2D eigenvalue weighted by Gasteiger charge is -2.36. The average Bonchev–Trinajstić information content (AvgIpc) is 3.16. The molecule has 0 aromatic heterocycles. The molecule has 108 valence electrons. The third-order valence-corrected chi connectivity index (χ3v) is 4.81. The van der Waals surface area contributed by atoms with Gasteiger partial charge in [-0.15, -0.1) is 0 Å². The van der Waals surface area contributed by atoms with Crippen LogP contribution in [0.1, 0.15) is 46.0 Å². The fourth-order valence-corrected chi connectivity index (χ4v) is 2.89. The monoisotopic (exact) mass is 268 g/mol. The average molecular weight is 268 g/mol. The summed E-state index contributed by atoms with van der Waals surface area (Å²) >= 11 is 0. The highest BCUT2D eigenvalue weighted by Crippen LogP contribution is 2.47. The Balaban J connectivity index is 1.81. The van der Waals surface area contributed by atoms with Crippen LogP contribution >= 0.6 is 0 Å². The minimum absolute atomic E-state index is 0.00614. The summed E-state index contributed by atoms with van der Waals surface area (Å²) in [6.45, 7) is 5.40. The third-order valence-electron chi connectivity index (χ3n) is 4.81. The van der Waals surface area contributed by atoms with Crippen molar-refractivity contribution in [3.63, 3.8) is 0 Å². The van der Waals surface area contributed by atoms with Gasteiger partial charge in [-0.3, -0.25) is 4.79 Å². The van der Waals surface area contributed by atoms with Gasteiger partial charge in [0.05, 0.1) is 5.92 Å². The molecule has 1 saturated carbocycles. The van der Waals surface area contributed by atoms with Crippen LogP contribution in [0.2, 0.25) is 0 Å². The predicted octanol–water partition coefficient (Wildman–Crippen LogP) is 2.07. The normalized spacial score (nSPS) is 28.8. The molecule has 5 nitrogen and oxygen atoms in total. The minimum atomic E-state index is -0.741. The number of carbonyl (C=O) groups is 2. The maximum Gasteiger partial charge on any atom is 0.317 e. The number of carboxylic acids is 1. The number of aliphatic carboxylic acids is 1. The Bertz CT molecular complexity index is 366. The highest BCUT2D eigenvalue weighted by molar-refractivity contribution is 5.76. The summed E-state index contributed by atoms with van der Waals surface area (Å²) in [5.41, 5.74) is 0.346. The van der Waals surface area contributed by atoms with E-state index < -0.39 is 5.97 Å². The summed E-state index contributed by atoms with van der Waals surface area (Å²) in [5, 5.41) is 12.0. The number of nitrogens with zero attached hydrogens (tertiary/aromatic N) is 1. The molecule has 5 heteroatoms. The van der Waals surface area contributed by atoms with Crippen molar-refractivity contribution in [3.8, 4) is 0 Å². The van der Waals surface area contributed by atoms with Crippen LogP contribution in [0.3, 0.4) is 0 Å². The molecule has 0 spiro atoms. The molecule has 1 saturated heterocycles. The van der Waals surface area contributed by atoms with Gasteiger partial charge in [0.2, 0.25) is 0 Å². The molecule has 1 heterocycles. The lowest BCUT2D eigenvalue weighted by Crippen LogP contribution is -2.51. The van der Waals surface area contributed by atoms with E-state index in [2.05, 4.69) is 12.2 Å². The molecule has 2 unspecified atom stereocenters. The van der Waals surface area contributed by atoms with Crippen LogP contribution in [0.15, 0.2) is 0 Å². The van der Waals surface area contributed by atoms with E-state index in [1.54, 1.807) is 4.90 Å². The molecule has 2 fully saturated rings. The first-order valence-corrected chi connectivity index (χ1v) is 7.25. The zero-order chi connectivity index (χ0) is 14.0. The van der Waals surface area contributed by atoms with Crippen molar-refractivity contribution in [3.05, 3.63) is 0 Å². The summed E-state index contributed by atoms with van der Waals surface area (Å²) in [4.78, 5) is 24.9. The van der Waals surface area contributed by atoms with Gasteiger partial charge < -0.3 is 15.3 Å². The molecule has 0 aromatic carbocycles. The number of nitrogens with one attached hydrogen (secondary N) is 1. The zero-order valence-electron chi connectivity index (χ0n) is 11.8. The Hall–Kier alpha value is -1.26. The highest BCUT2D eigenvalue weighted by Gasteiger charge is 2.41. The fourth-order valence-electron chi connectivity index (χ4n) is 2.89. The highest BCUT2D eigenvalue weighted by atomic mass is 16.4. The van der Waals surface area contributed by atoms with E-state index in [-0.39, 0.29) is 18.0 Å². The van der Waals surface area contributed by atoms with Crippen molar-refractivity contribution in [1.29, 1.82) is 0 Å². The molecule has 2 atom stereocenters. The Kier molecular flexibility index (Phi) is 4.02. The molecule has 2 aliphatic rings. The number of carboxylic acid groups (broad SMARTS) is 1. The lowest BCUT2D eigenvalue weighted by molar-refractivity contribution is -0.143. The van der Waals surface area contributed by atoms with Gasteiger partial charge in [-0.1, -0.05) is 6.92 Å². The summed E-state index contributed by atoms with van der Waals surface area (Å²) in [5.74, 6) is -1.04. The van der Waals surface area contributed by atoms with Gasteiger partial charge in [-0.2, -0.15) is 0 Å².